The second-order valence-corrected chi connectivity index (χ2v) is 6.63. The van der Waals surface area contributed by atoms with Gasteiger partial charge in [-0.2, -0.15) is 4.98 Å². The van der Waals surface area contributed by atoms with E-state index in [9.17, 15) is 9.59 Å². The molecule has 0 aliphatic rings. The average Bonchev–Trinajstić information content (AvgIpc) is 3.03. The highest BCUT2D eigenvalue weighted by molar-refractivity contribution is 6.30. The molecule has 0 aliphatic carbocycles. The van der Waals surface area contributed by atoms with Gasteiger partial charge in [0.25, 0.3) is 0 Å². The molecule has 1 amide bonds. The Balaban J connectivity index is 1.89. The highest BCUT2D eigenvalue weighted by Gasteiger charge is 2.34. The lowest BCUT2D eigenvalue weighted by atomic mass is 10.0. The molecule has 8 heteroatoms. The normalized spacial score (nSPS) is 11.4. The topological polar surface area (TPSA) is 96.5 Å². The van der Waals surface area contributed by atoms with Gasteiger partial charge in [0, 0.05) is 30.5 Å². The van der Waals surface area contributed by atoms with Crippen LogP contribution in [0.1, 0.15) is 32.6 Å². The van der Waals surface area contributed by atoms with E-state index in [4.69, 9.17) is 21.2 Å². The Morgan fingerprint density at radius 2 is 1.92 bits per heavy atom. The molecule has 7 nitrogen and oxygen atoms in total. The number of carboxylic acids is 1. The molecular formula is C17H20ClN3O4. The van der Waals surface area contributed by atoms with Crippen LogP contribution in [0.5, 0.6) is 0 Å². The maximum absolute atomic E-state index is 12.1. The van der Waals surface area contributed by atoms with Crippen molar-refractivity contribution in [2.24, 2.45) is 0 Å². The minimum absolute atomic E-state index is 0.200. The Bertz CT molecular complexity index is 756. The molecule has 25 heavy (non-hydrogen) atoms. The second-order valence-electron chi connectivity index (χ2n) is 6.19. The zero-order chi connectivity index (χ0) is 18.6. The van der Waals surface area contributed by atoms with E-state index in [1.54, 1.807) is 24.3 Å². The standard InChI is InChI=1S/C17H20ClN3O4/c1-17(2,16(23)24)21(3)14(22)6-4-5-13-19-15(20-25-13)11-7-9-12(18)10-8-11/h7-10H,4-6H2,1-3H3,(H,23,24). The number of amides is 1. The quantitative estimate of drug-likeness (QED) is 0.810. The van der Waals surface area contributed by atoms with Gasteiger partial charge in [-0.1, -0.05) is 16.8 Å². The average molecular weight is 366 g/mol. The third-order valence-corrected chi connectivity index (χ3v) is 4.34. The van der Waals surface area contributed by atoms with Crippen molar-refractivity contribution in [2.75, 3.05) is 7.05 Å². The molecule has 134 valence electrons. The van der Waals surface area contributed by atoms with Gasteiger partial charge >= 0.3 is 5.97 Å². The maximum Gasteiger partial charge on any atom is 0.329 e. The monoisotopic (exact) mass is 365 g/mol. The van der Waals surface area contributed by atoms with Crippen LogP contribution >= 0.6 is 11.6 Å². The fraction of sp³-hybridized carbons (Fsp3) is 0.412. The van der Waals surface area contributed by atoms with Crippen molar-refractivity contribution in [2.45, 2.75) is 38.6 Å². The summed E-state index contributed by atoms with van der Waals surface area (Å²) in [6, 6.07) is 7.07. The molecule has 0 spiro atoms. The summed E-state index contributed by atoms with van der Waals surface area (Å²) >= 11 is 5.84. The number of halogens is 1. The van der Waals surface area contributed by atoms with Gasteiger partial charge in [-0.25, -0.2) is 4.79 Å². The Morgan fingerprint density at radius 3 is 2.52 bits per heavy atom. The van der Waals surface area contributed by atoms with Crippen molar-refractivity contribution in [3.8, 4) is 11.4 Å². The fourth-order valence-corrected chi connectivity index (χ4v) is 2.21. The van der Waals surface area contributed by atoms with Gasteiger partial charge in [0.05, 0.1) is 0 Å². The van der Waals surface area contributed by atoms with Crippen LogP contribution in [0.25, 0.3) is 11.4 Å². The lowest BCUT2D eigenvalue weighted by Crippen LogP contribution is -2.50. The number of aromatic nitrogens is 2. The molecule has 0 aliphatic heterocycles. The van der Waals surface area contributed by atoms with Gasteiger partial charge < -0.3 is 14.5 Å². The third-order valence-electron chi connectivity index (χ3n) is 4.09. The van der Waals surface area contributed by atoms with E-state index in [-0.39, 0.29) is 12.3 Å². The molecule has 2 rings (SSSR count). The summed E-state index contributed by atoms with van der Waals surface area (Å²) in [5, 5.41) is 13.7. The number of carbonyl (C=O) groups excluding carboxylic acids is 1. The predicted octanol–water partition coefficient (Wildman–Crippen LogP) is 3.03. The van der Waals surface area contributed by atoms with Crippen LogP contribution in [-0.4, -0.2) is 44.6 Å². The van der Waals surface area contributed by atoms with Crippen molar-refractivity contribution in [1.82, 2.24) is 15.0 Å². The van der Waals surface area contributed by atoms with Crippen molar-refractivity contribution in [3.05, 3.63) is 35.2 Å². The highest BCUT2D eigenvalue weighted by atomic mass is 35.5. The van der Waals surface area contributed by atoms with E-state index >= 15 is 0 Å². The number of carboxylic acid groups (broad SMARTS) is 1. The number of hydrogen-bond acceptors (Lipinski definition) is 5. The zero-order valence-corrected chi connectivity index (χ0v) is 15.1. The SMILES string of the molecule is CN(C(=O)CCCc1nc(-c2ccc(Cl)cc2)no1)C(C)(C)C(=O)O. The molecular weight excluding hydrogens is 346 g/mol. The Morgan fingerprint density at radius 1 is 1.28 bits per heavy atom. The highest BCUT2D eigenvalue weighted by Crippen LogP contribution is 2.19. The van der Waals surface area contributed by atoms with E-state index in [0.29, 0.717) is 29.6 Å². The molecule has 0 unspecified atom stereocenters. The molecule has 1 N–H and O–H groups in total. The van der Waals surface area contributed by atoms with Gasteiger partial charge in [-0.05, 0) is 44.5 Å². The van der Waals surface area contributed by atoms with Gasteiger partial charge in [-0.15, -0.1) is 0 Å². The van der Waals surface area contributed by atoms with Crippen molar-refractivity contribution >= 4 is 23.5 Å². The predicted molar refractivity (Wildman–Crippen MR) is 92.2 cm³/mol. The fourth-order valence-electron chi connectivity index (χ4n) is 2.09. The second kappa shape index (κ2) is 7.65. The number of aliphatic carboxylic acids is 1. The van der Waals surface area contributed by atoms with Crippen molar-refractivity contribution in [1.29, 1.82) is 0 Å². The van der Waals surface area contributed by atoms with Crippen LogP contribution in [0.4, 0.5) is 0 Å². The minimum atomic E-state index is -1.25. The van der Waals surface area contributed by atoms with E-state index in [1.807, 2.05) is 0 Å². The van der Waals surface area contributed by atoms with Crippen LogP contribution in [0.3, 0.4) is 0 Å². The Hall–Kier alpha value is -2.41. The Kier molecular flexibility index (Phi) is 5.79. The number of carbonyl (C=O) groups is 2. The first-order chi connectivity index (χ1) is 11.7. The van der Waals surface area contributed by atoms with E-state index in [0.717, 1.165) is 5.56 Å². The first kappa shape index (κ1) is 18.9. The number of aryl methyl sites for hydroxylation is 1. The first-order valence-electron chi connectivity index (χ1n) is 7.80. The molecule has 1 aromatic heterocycles. The number of benzene rings is 1. The van der Waals surface area contributed by atoms with E-state index in [1.165, 1.54) is 25.8 Å². The van der Waals surface area contributed by atoms with Crippen LogP contribution in [0.15, 0.2) is 28.8 Å². The zero-order valence-electron chi connectivity index (χ0n) is 14.3. The van der Waals surface area contributed by atoms with E-state index < -0.39 is 11.5 Å². The maximum atomic E-state index is 12.1. The summed E-state index contributed by atoms with van der Waals surface area (Å²) in [7, 11) is 1.49. The van der Waals surface area contributed by atoms with Gasteiger partial charge in [0.1, 0.15) is 5.54 Å². The summed E-state index contributed by atoms with van der Waals surface area (Å²) in [4.78, 5) is 28.8. The number of nitrogens with zero attached hydrogens (tertiary/aromatic N) is 3. The summed E-state index contributed by atoms with van der Waals surface area (Å²) in [5.41, 5.74) is -0.457. The third kappa shape index (κ3) is 4.57. The molecule has 2 aromatic rings. The number of hydrogen-bond donors (Lipinski definition) is 1. The molecule has 0 bridgehead atoms. The van der Waals surface area contributed by atoms with Crippen molar-refractivity contribution in [3.63, 3.8) is 0 Å². The molecule has 1 heterocycles. The number of likely N-dealkylation sites (N-methyl/N-ethyl adjacent to an activating group) is 1. The van der Waals surface area contributed by atoms with Crippen LogP contribution in [-0.2, 0) is 16.0 Å². The summed E-state index contributed by atoms with van der Waals surface area (Å²) < 4.78 is 5.18. The first-order valence-corrected chi connectivity index (χ1v) is 8.18. The molecule has 0 radical (unpaired) electrons. The van der Waals surface area contributed by atoms with Crippen LogP contribution in [0.2, 0.25) is 5.02 Å². The van der Waals surface area contributed by atoms with E-state index in [2.05, 4.69) is 10.1 Å². The largest absolute Gasteiger partial charge is 0.480 e. The minimum Gasteiger partial charge on any atom is -0.480 e. The van der Waals surface area contributed by atoms with Gasteiger partial charge in [0.2, 0.25) is 17.6 Å². The van der Waals surface area contributed by atoms with Gasteiger partial charge in [0.15, 0.2) is 0 Å². The molecule has 0 fully saturated rings. The summed E-state index contributed by atoms with van der Waals surface area (Å²) in [6.45, 7) is 2.98. The summed E-state index contributed by atoms with van der Waals surface area (Å²) in [5.74, 6) is -0.405. The van der Waals surface area contributed by atoms with Crippen LogP contribution in [0, 0.1) is 0 Å². The Labute approximate surface area is 150 Å². The molecule has 0 atom stereocenters. The smallest absolute Gasteiger partial charge is 0.329 e. The van der Waals surface area contributed by atoms with Crippen molar-refractivity contribution < 1.29 is 19.2 Å². The lowest BCUT2D eigenvalue weighted by Gasteiger charge is -2.31. The molecule has 0 saturated carbocycles. The number of rotatable bonds is 7. The molecule has 1 aromatic carbocycles. The molecule has 0 saturated heterocycles. The lowest BCUT2D eigenvalue weighted by molar-refractivity contribution is -0.155. The van der Waals surface area contributed by atoms with Gasteiger partial charge in [-0.3, -0.25) is 4.79 Å². The summed E-state index contributed by atoms with van der Waals surface area (Å²) in [6.07, 6.45) is 1.13. The van der Waals surface area contributed by atoms with Crippen LogP contribution < -0.4 is 0 Å².